The molecule has 4 heteroatoms. The molecule has 5 rings (SSSR count). The number of anilines is 1. The highest BCUT2D eigenvalue weighted by Crippen LogP contribution is 2.50. The van der Waals surface area contributed by atoms with Crippen molar-refractivity contribution in [1.29, 1.82) is 0 Å². The van der Waals surface area contributed by atoms with E-state index in [1.807, 2.05) is 25.1 Å². The Morgan fingerprint density at radius 1 is 1.05 bits per heavy atom. The number of benzene rings is 1. The Bertz CT molecular complexity index is 649. The quantitative estimate of drug-likeness (QED) is 0.577. The monoisotopic (exact) mass is 345 g/mol. The van der Waals surface area contributed by atoms with Gasteiger partial charge in [-0.25, -0.2) is 4.90 Å². The third kappa shape index (κ3) is 1.78. The van der Waals surface area contributed by atoms with Gasteiger partial charge in [0, 0.05) is 4.47 Å². The Morgan fingerprint density at radius 3 is 2.10 bits per heavy atom. The van der Waals surface area contributed by atoms with Crippen LogP contribution in [0.3, 0.4) is 0 Å². The molecular weight excluding hydrogens is 330 g/mol. The molecule has 1 saturated carbocycles. The minimum atomic E-state index is -0.138. The molecule has 0 unspecified atom stereocenters. The third-order valence-corrected chi connectivity index (χ3v) is 6.03. The Kier molecular flexibility index (Phi) is 2.86. The number of aryl methyl sites for hydroxylation is 1. The summed E-state index contributed by atoms with van der Waals surface area (Å²) in [6, 6.07) is 5.68. The Hall–Kier alpha value is -1.42. The van der Waals surface area contributed by atoms with Crippen molar-refractivity contribution >= 4 is 33.4 Å². The normalized spacial score (nSPS) is 33.7. The number of carbonyl (C=O) groups is 2. The van der Waals surface area contributed by atoms with Crippen LogP contribution in [0.15, 0.2) is 34.8 Å². The number of allylic oxidation sites excluding steroid dienone is 2. The first-order valence-electron chi connectivity index (χ1n) is 7.40. The number of halogens is 1. The van der Waals surface area contributed by atoms with Crippen LogP contribution in [0.25, 0.3) is 0 Å². The number of carbonyl (C=O) groups excluding carboxylic acids is 2. The lowest BCUT2D eigenvalue weighted by molar-refractivity contribution is -0.124. The molecule has 0 aromatic heterocycles. The number of fused-ring (bicyclic) bond motifs is 1. The first kappa shape index (κ1) is 13.3. The summed E-state index contributed by atoms with van der Waals surface area (Å²) in [5.74, 6) is 0.188. The minimum absolute atomic E-state index is 0.0141. The third-order valence-electron chi connectivity index (χ3n) is 5.17. The predicted octanol–water partition coefficient (Wildman–Crippen LogP) is 3.46. The van der Waals surface area contributed by atoms with Crippen molar-refractivity contribution in [2.24, 2.45) is 23.7 Å². The topological polar surface area (TPSA) is 37.4 Å². The van der Waals surface area contributed by atoms with Gasteiger partial charge in [0.1, 0.15) is 0 Å². The number of rotatable bonds is 1. The molecule has 108 valence electrons. The van der Waals surface area contributed by atoms with E-state index in [9.17, 15) is 9.59 Å². The number of amides is 2. The van der Waals surface area contributed by atoms with Gasteiger partial charge in [-0.2, -0.15) is 0 Å². The summed E-state index contributed by atoms with van der Waals surface area (Å²) < 4.78 is 0.927. The summed E-state index contributed by atoms with van der Waals surface area (Å²) in [6.07, 6.45) is 6.36. The highest BCUT2D eigenvalue weighted by molar-refractivity contribution is 9.10. The molecule has 4 aliphatic rings. The fourth-order valence-corrected chi connectivity index (χ4v) is 4.42. The number of nitrogens with zero attached hydrogens (tertiary/aromatic N) is 1. The average Bonchev–Trinajstić information content (AvgIpc) is 2.78. The second-order valence-corrected chi connectivity index (χ2v) is 7.14. The van der Waals surface area contributed by atoms with Gasteiger partial charge < -0.3 is 0 Å². The van der Waals surface area contributed by atoms with Crippen LogP contribution < -0.4 is 4.90 Å². The van der Waals surface area contributed by atoms with Crippen LogP contribution >= 0.6 is 15.9 Å². The molecule has 0 N–H and O–H groups in total. The molecule has 0 radical (unpaired) electrons. The molecule has 3 aliphatic carbocycles. The molecule has 4 atom stereocenters. The van der Waals surface area contributed by atoms with Gasteiger partial charge in [0.2, 0.25) is 11.8 Å². The SMILES string of the molecule is Cc1ccc(N2C(=O)[C@H]3[C@H](C2=O)[C@H]2C=C[C@H]3CC2)cc1Br. The largest absolute Gasteiger partial charge is 0.274 e. The Balaban J connectivity index is 1.76. The number of imide groups is 1. The summed E-state index contributed by atoms with van der Waals surface area (Å²) in [6.45, 7) is 1.99. The van der Waals surface area contributed by atoms with Gasteiger partial charge in [-0.1, -0.05) is 34.1 Å². The zero-order chi connectivity index (χ0) is 14.7. The van der Waals surface area contributed by atoms with Crippen LogP contribution in [0.4, 0.5) is 5.69 Å². The maximum atomic E-state index is 12.8. The highest BCUT2D eigenvalue weighted by atomic mass is 79.9. The van der Waals surface area contributed by atoms with Crippen molar-refractivity contribution in [3.05, 3.63) is 40.4 Å². The van der Waals surface area contributed by atoms with Crippen LogP contribution in [-0.4, -0.2) is 11.8 Å². The van der Waals surface area contributed by atoms with Crippen molar-refractivity contribution in [3.8, 4) is 0 Å². The molecule has 1 heterocycles. The van der Waals surface area contributed by atoms with Crippen LogP contribution in [0, 0.1) is 30.6 Å². The van der Waals surface area contributed by atoms with Gasteiger partial charge in [-0.3, -0.25) is 9.59 Å². The summed E-state index contributed by atoms with van der Waals surface area (Å²) in [7, 11) is 0. The summed E-state index contributed by atoms with van der Waals surface area (Å²) in [5.41, 5.74) is 1.79. The molecule has 2 fully saturated rings. The summed E-state index contributed by atoms with van der Waals surface area (Å²) in [4.78, 5) is 27.0. The molecule has 3 nitrogen and oxygen atoms in total. The molecule has 1 saturated heterocycles. The molecular formula is C17H16BrNO2. The van der Waals surface area contributed by atoms with E-state index in [1.54, 1.807) is 0 Å². The maximum absolute atomic E-state index is 12.8. The van der Waals surface area contributed by atoms with E-state index in [0.717, 1.165) is 22.9 Å². The number of hydrogen-bond acceptors (Lipinski definition) is 2. The van der Waals surface area contributed by atoms with Crippen LogP contribution in [0.2, 0.25) is 0 Å². The van der Waals surface area contributed by atoms with Crippen molar-refractivity contribution in [2.45, 2.75) is 19.8 Å². The van der Waals surface area contributed by atoms with E-state index >= 15 is 0 Å². The van der Waals surface area contributed by atoms with Crippen molar-refractivity contribution in [3.63, 3.8) is 0 Å². The van der Waals surface area contributed by atoms with E-state index < -0.39 is 0 Å². The molecule has 1 aliphatic heterocycles. The van der Waals surface area contributed by atoms with Gasteiger partial charge >= 0.3 is 0 Å². The average molecular weight is 346 g/mol. The van der Waals surface area contributed by atoms with Gasteiger partial charge in [0.05, 0.1) is 17.5 Å². The molecule has 2 bridgehead atoms. The van der Waals surface area contributed by atoms with E-state index in [4.69, 9.17) is 0 Å². The summed E-state index contributed by atoms with van der Waals surface area (Å²) >= 11 is 3.48. The smallest absolute Gasteiger partial charge is 0.238 e. The van der Waals surface area contributed by atoms with Crippen LogP contribution in [0.1, 0.15) is 18.4 Å². The molecule has 21 heavy (non-hydrogen) atoms. The fourth-order valence-electron chi connectivity index (χ4n) is 4.05. The predicted molar refractivity (Wildman–Crippen MR) is 83.7 cm³/mol. The fraction of sp³-hybridized carbons (Fsp3) is 0.412. The molecule has 1 aromatic carbocycles. The number of hydrogen-bond donors (Lipinski definition) is 0. The highest BCUT2D eigenvalue weighted by Gasteiger charge is 2.56. The molecule has 1 aromatic rings. The lowest BCUT2D eigenvalue weighted by atomic mass is 9.63. The van der Waals surface area contributed by atoms with E-state index in [2.05, 4.69) is 28.1 Å². The van der Waals surface area contributed by atoms with Gasteiger partial charge in [-0.05, 0) is 49.3 Å². The van der Waals surface area contributed by atoms with Crippen LogP contribution in [0.5, 0.6) is 0 Å². The van der Waals surface area contributed by atoms with E-state index in [1.165, 1.54) is 4.90 Å². The maximum Gasteiger partial charge on any atom is 0.238 e. The Labute approximate surface area is 132 Å². The van der Waals surface area contributed by atoms with Gasteiger partial charge in [0.15, 0.2) is 0 Å². The van der Waals surface area contributed by atoms with Crippen molar-refractivity contribution in [2.75, 3.05) is 4.90 Å². The Morgan fingerprint density at radius 2 is 1.62 bits per heavy atom. The van der Waals surface area contributed by atoms with Gasteiger partial charge in [-0.15, -0.1) is 0 Å². The lowest BCUT2D eigenvalue weighted by Crippen LogP contribution is -2.38. The first-order chi connectivity index (χ1) is 10.1. The van der Waals surface area contributed by atoms with E-state index in [-0.39, 0.29) is 35.5 Å². The van der Waals surface area contributed by atoms with Crippen molar-refractivity contribution < 1.29 is 9.59 Å². The molecule has 2 amide bonds. The lowest BCUT2D eigenvalue weighted by Gasteiger charge is -2.38. The van der Waals surface area contributed by atoms with E-state index in [0.29, 0.717) is 5.69 Å². The van der Waals surface area contributed by atoms with Gasteiger partial charge in [0.25, 0.3) is 0 Å². The second-order valence-electron chi connectivity index (χ2n) is 6.29. The minimum Gasteiger partial charge on any atom is -0.274 e. The zero-order valence-corrected chi connectivity index (χ0v) is 13.3. The zero-order valence-electron chi connectivity index (χ0n) is 11.8. The van der Waals surface area contributed by atoms with Crippen molar-refractivity contribution in [1.82, 2.24) is 0 Å². The van der Waals surface area contributed by atoms with Crippen LogP contribution in [-0.2, 0) is 9.59 Å². The molecule has 0 spiro atoms. The first-order valence-corrected chi connectivity index (χ1v) is 8.19. The summed E-state index contributed by atoms with van der Waals surface area (Å²) in [5, 5.41) is 0. The standard InChI is InChI=1S/C17H16BrNO2/c1-9-2-7-12(8-13(9)18)19-16(20)14-10-3-4-11(6-5-10)15(14)17(19)21/h2-4,7-8,10-11,14-15H,5-6H2,1H3/t10-,11-,14+,15+/m0/s1. The second kappa shape index (κ2) is 4.54.